The predicted molar refractivity (Wildman–Crippen MR) is 52.5 cm³/mol. The van der Waals surface area contributed by atoms with Crippen LogP contribution in [0.2, 0.25) is 0 Å². The molecule has 3 nitrogen and oxygen atoms in total. The molecular formula is C10H18N2O. The van der Waals surface area contributed by atoms with Crippen LogP contribution in [0.25, 0.3) is 0 Å². The van der Waals surface area contributed by atoms with Crippen molar-refractivity contribution >= 4 is 5.91 Å². The highest BCUT2D eigenvalue weighted by Crippen LogP contribution is 2.59. The Morgan fingerprint density at radius 3 is 2.38 bits per heavy atom. The van der Waals surface area contributed by atoms with Crippen LogP contribution in [-0.4, -0.2) is 5.91 Å². The molecule has 1 aliphatic carbocycles. The lowest BCUT2D eigenvalue weighted by Crippen LogP contribution is -2.32. The lowest BCUT2D eigenvalue weighted by Gasteiger charge is -1.99. The maximum Gasteiger partial charge on any atom is 0.238 e. The Balaban J connectivity index is 2.72. The molecule has 0 aromatic heterocycles. The molecule has 1 rings (SSSR count). The average molecular weight is 182 g/mol. The first kappa shape index (κ1) is 10.3. The molecule has 0 spiro atoms. The van der Waals surface area contributed by atoms with Crippen LogP contribution in [0.15, 0.2) is 11.6 Å². The van der Waals surface area contributed by atoms with E-state index in [2.05, 4.69) is 25.3 Å². The maximum atomic E-state index is 11.3. The summed E-state index contributed by atoms with van der Waals surface area (Å²) in [5.74, 6) is 5.45. The Bertz CT molecular complexity index is 252. The lowest BCUT2D eigenvalue weighted by atomic mass is 10.1. The Morgan fingerprint density at radius 1 is 1.46 bits per heavy atom. The molecule has 0 bridgehead atoms. The van der Waals surface area contributed by atoms with Crippen molar-refractivity contribution in [3.8, 4) is 0 Å². The van der Waals surface area contributed by atoms with Gasteiger partial charge in [-0.05, 0) is 25.2 Å². The minimum atomic E-state index is -0.0486. The van der Waals surface area contributed by atoms with Crippen LogP contribution in [0.3, 0.4) is 0 Å². The van der Waals surface area contributed by atoms with E-state index in [4.69, 9.17) is 5.84 Å². The van der Waals surface area contributed by atoms with Gasteiger partial charge in [0.15, 0.2) is 0 Å². The maximum absolute atomic E-state index is 11.3. The van der Waals surface area contributed by atoms with Gasteiger partial charge < -0.3 is 0 Å². The van der Waals surface area contributed by atoms with Crippen LogP contribution in [0.4, 0.5) is 0 Å². The normalized spacial score (nSPS) is 29.3. The fraction of sp³-hybridized carbons (Fsp3) is 0.700. The monoisotopic (exact) mass is 182 g/mol. The van der Waals surface area contributed by atoms with Gasteiger partial charge in [0.05, 0.1) is 5.92 Å². The predicted octanol–water partition coefficient (Wildman–Crippen LogP) is 1.21. The zero-order valence-corrected chi connectivity index (χ0v) is 8.72. The number of allylic oxidation sites excluding steroid dienone is 2. The topological polar surface area (TPSA) is 55.1 Å². The summed E-state index contributed by atoms with van der Waals surface area (Å²) in [5.41, 5.74) is 3.54. The smallest absolute Gasteiger partial charge is 0.238 e. The minimum absolute atomic E-state index is 0.0485. The zero-order chi connectivity index (χ0) is 10.2. The van der Waals surface area contributed by atoms with Crippen molar-refractivity contribution in [1.82, 2.24) is 5.43 Å². The number of amides is 1. The quantitative estimate of drug-likeness (QED) is 0.292. The third-order valence-corrected chi connectivity index (χ3v) is 2.85. The molecule has 0 saturated heterocycles. The van der Waals surface area contributed by atoms with Crippen molar-refractivity contribution in [1.29, 1.82) is 0 Å². The molecule has 0 heterocycles. The van der Waals surface area contributed by atoms with Gasteiger partial charge in [-0.1, -0.05) is 25.5 Å². The van der Waals surface area contributed by atoms with E-state index < -0.39 is 0 Å². The van der Waals surface area contributed by atoms with Gasteiger partial charge in [-0.3, -0.25) is 10.2 Å². The second kappa shape index (κ2) is 3.14. The summed E-state index contributed by atoms with van der Waals surface area (Å²) in [5, 5.41) is 0. The van der Waals surface area contributed by atoms with Crippen molar-refractivity contribution < 1.29 is 4.79 Å². The van der Waals surface area contributed by atoms with Crippen molar-refractivity contribution in [3.63, 3.8) is 0 Å². The molecule has 2 atom stereocenters. The number of hydrogen-bond acceptors (Lipinski definition) is 2. The Labute approximate surface area is 79.3 Å². The third-order valence-electron chi connectivity index (χ3n) is 2.85. The van der Waals surface area contributed by atoms with Gasteiger partial charge in [0.25, 0.3) is 0 Å². The number of hydrogen-bond donors (Lipinski definition) is 2. The average Bonchev–Trinajstić information content (AvgIpc) is 2.51. The molecule has 3 heteroatoms. The molecule has 1 fully saturated rings. The van der Waals surface area contributed by atoms with E-state index in [0.717, 1.165) is 0 Å². The van der Waals surface area contributed by atoms with Crippen LogP contribution in [0.1, 0.15) is 27.7 Å². The minimum Gasteiger partial charge on any atom is -0.294 e. The Morgan fingerprint density at radius 2 is 2.00 bits per heavy atom. The molecule has 13 heavy (non-hydrogen) atoms. The lowest BCUT2D eigenvalue weighted by molar-refractivity contribution is -0.123. The van der Waals surface area contributed by atoms with Crippen molar-refractivity contribution in [3.05, 3.63) is 11.6 Å². The first-order chi connectivity index (χ1) is 5.91. The van der Waals surface area contributed by atoms with Crippen LogP contribution in [-0.2, 0) is 4.79 Å². The second-order valence-corrected chi connectivity index (χ2v) is 4.58. The zero-order valence-electron chi connectivity index (χ0n) is 8.72. The van der Waals surface area contributed by atoms with Gasteiger partial charge in [0.1, 0.15) is 0 Å². The Kier molecular flexibility index (Phi) is 2.48. The summed E-state index contributed by atoms with van der Waals surface area (Å²) in [6, 6.07) is 0. The van der Waals surface area contributed by atoms with E-state index in [9.17, 15) is 4.79 Å². The second-order valence-electron chi connectivity index (χ2n) is 4.58. The highest BCUT2D eigenvalue weighted by molar-refractivity contribution is 5.83. The SMILES string of the molecule is CC(C)=CC1C(C(=O)NN)C1(C)C. The van der Waals surface area contributed by atoms with Gasteiger partial charge in [-0.15, -0.1) is 0 Å². The van der Waals surface area contributed by atoms with E-state index in [1.807, 2.05) is 13.8 Å². The fourth-order valence-corrected chi connectivity index (χ4v) is 1.94. The highest BCUT2D eigenvalue weighted by Gasteiger charge is 2.60. The summed E-state index contributed by atoms with van der Waals surface area (Å²) in [4.78, 5) is 11.3. The molecule has 74 valence electrons. The first-order valence-electron chi connectivity index (χ1n) is 4.56. The van der Waals surface area contributed by atoms with Gasteiger partial charge in [0.2, 0.25) is 5.91 Å². The van der Waals surface area contributed by atoms with Gasteiger partial charge in [0, 0.05) is 0 Å². The van der Waals surface area contributed by atoms with Crippen LogP contribution < -0.4 is 11.3 Å². The van der Waals surface area contributed by atoms with Gasteiger partial charge in [-0.2, -0.15) is 0 Å². The van der Waals surface area contributed by atoms with Crippen molar-refractivity contribution in [2.75, 3.05) is 0 Å². The molecule has 2 unspecified atom stereocenters. The summed E-state index contributed by atoms with van der Waals surface area (Å²) < 4.78 is 0. The largest absolute Gasteiger partial charge is 0.294 e. The molecule has 0 aromatic carbocycles. The van der Waals surface area contributed by atoms with Gasteiger partial charge in [-0.25, -0.2) is 5.84 Å². The number of nitrogens with one attached hydrogen (secondary N) is 1. The summed E-state index contributed by atoms with van der Waals surface area (Å²) in [7, 11) is 0. The molecule has 0 aromatic rings. The summed E-state index contributed by atoms with van der Waals surface area (Å²) >= 11 is 0. The van der Waals surface area contributed by atoms with E-state index in [-0.39, 0.29) is 17.2 Å². The number of rotatable bonds is 2. The van der Waals surface area contributed by atoms with E-state index >= 15 is 0 Å². The van der Waals surface area contributed by atoms with Crippen LogP contribution in [0.5, 0.6) is 0 Å². The molecule has 1 amide bonds. The number of nitrogens with two attached hydrogens (primary N) is 1. The molecule has 3 N–H and O–H groups in total. The molecule has 0 radical (unpaired) electrons. The van der Waals surface area contributed by atoms with E-state index in [1.165, 1.54) is 5.57 Å². The summed E-state index contributed by atoms with van der Waals surface area (Å²) in [6.07, 6.45) is 2.15. The molecule has 1 aliphatic rings. The van der Waals surface area contributed by atoms with E-state index in [1.54, 1.807) is 0 Å². The fourth-order valence-electron chi connectivity index (χ4n) is 1.94. The Hall–Kier alpha value is -0.830. The first-order valence-corrected chi connectivity index (χ1v) is 4.56. The van der Waals surface area contributed by atoms with Crippen molar-refractivity contribution in [2.45, 2.75) is 27.7 Å². The summed E-state index contributed by atoms with van der Waals surface area (Å²) in [6.45, 7) is 8.28. The number of carbonyl (C=O) groups excluding carboxylic acids is 1. The number of carbonyl (C=O) groups is 1. The highest BCUT2D eigenvalue weighted by atomic mass is 16.2. The third kappa shape index (κ3) is 1.75. The van der Waals surface area contributed by atoms with Crippen LogP contribution >= 0.6 is 0 Å². The molecule has 1 saturated carbocycles. The molecular weight excluding hydrogens is 164 g/mol. The van der Waals surface area contributed by atoms with Crippen LogP contribution in [0, 0.1) is 17.3 Å². The van der Waals surface area contributed by atoms with Gasteiger partial charge >= 0.3 is 0 Å². The molecule has 0 aliphatic heterocycles. The standard InChI is InChI=1S/C10H18N2O/c1-6(2)5-7-8(9(13)12-11)10(7,3)4/h5,7-8H,11H2,1-4H3,(H,12,13). The van der Waals surface area contributed by atoms with E-state index in [0.29, 0.717) is 5.92 Å². The van der Waals surface area contributed by atoms with Crippen molar-refractivity contribution in [2.24, 2.45) is 23.1 Å². The number of hydrazine groups is 1.